The second kappa shape index (κ2) is 9.24. The van der Waals surface area contributed by atoms with Crippen LogP contribution >= 0.6 is 11.8 Å². The number of carbonyl (C=O) groups excluding carboxylic acids is 2. The molecule has 5 nitrogen and oxygen atoms in total. The van der Waals surface area contributed by atoms with Crippen LogP contribution in [0.25, 0.3) is 0 Å². The monoisotopic (exact) mass is 342 g/mol. The van der Waals surface area contributed by atoms with Crippen LogP contribution in [0.3, 0.4) is 0 Å². The highest BCUT2D eigenvalue weighted by atomic mass is 32.2. The Morgan fingerprint density at radius 2 is 1.86 bits per heavy atom. The third-order valence-electron chi connectivity index (χ3n) is 3.03. The number of rotatable bonds is 7. The average molecular weight is 342 g/mol. The van der Waals surface area contributed by atoms with Gasteiger partial charge in [-0.15, -0.1) is 11.8 Å². The highest BCUT2D eigenvalue weighted by Crippen LogP contribution is 2.17. The van der Waals surface area contributed by atoms with Crippen LogP contribution in [0.2, 0.25) is 0 Å². The molecule has 1 aliphatic rings. The van der Waals surface area contributed by atoms with Crippen molar-refractivity contribution in [2.75, 3.05) is 50.9 Å². The first kappa shape index (κ1) is 19.1. The lowest BCUT2D eigenvalue weighted by Crippen LogP contribution is -2.42. The van der Waals surface area contributed by atoms with Crippen molar-refractivity contribution in [3.05, 3.63) is 0 Å². The molecule has 1 aliphatic heterocycles. The molecule has 2 amide bonds. The van der Waals surface area contributed by atoms with E-state index in [-0.39, 0.29) is 24.0 Å². The Morgan fingerprint density at radius 3 is 2.41 bits per heavy atom. The van der Waals surface area contributed by atoms with Crippen molar-refractivity contribution < 1.29 is 27.5 Å². The number of nitrogens with zero attached hydrogens (tertiary/aromatic N) is 2. The number of hydrogen-bond donors (Lipinski definition) is 0. The van der Waals surface area contributed by atoms with Crippen LogP contribution in [0.4, 0.5) is 13.2 Å². The molecule has 1 fully saturated rings. The molecule has 0 N–H and O–H groups in total. The van der Waals surface area contributed by atoms with Gasteiger partial charge in [0.2, 0.25) is 11.8 Å². The predicted octanol–water partition coefficient (Wildman–Crippen LogP) is 1.38. The zero-order valence-corrected chi connectivity index (χ0v) is 13.3. The van der Waals surface area contributed by atoms with Crippen LogP contribution in [0.15, 0.2) is 0 Å². The predicted molar refractivity (Wildman–Crippen MR) is 77.7 cm³/mol. The van der Waals surface area contributed by atoms with Crippen molar-refractivity contribution in [2.24, 2.45) is 0 Å². The summed E-state index contributed by atoms with van der Waals surface area (Å²) < 4.78 is 42.4. The van der Waals surface area contributed by atoms with E-state index in [2.05, 4.69) is 0 Å². The van der Waals surface area contributed by atoms with Crippen LogP contribution in [-0.2, 0) is 14.3 Å². The van der Waals surface area contributed by atoms with Gasteiger partial charge in [-0.25, -0.2) is 0 Å². The van der Waals surface area contributed by atoms with Crippen molar-refractivity contribution in [1.82, 2.24) is 9.80 Å². The van der Waals surface area contributed by atoms with E-state index in [4.69, 9.17) is 4.74 Å². The lowest BCUT2D eigenvalue weighted by atomic mass is 10.4. The van der Waals surface area contributed by atoms with E-state index in [1.807, 2.05) is 0 Å². The van der Waals surface area contributed by atoms with Gasteiger partial charge in [-0.1, -0.05) is 6.92 Å². The second-order valence-corrected chi connectivity index (χ2v) is 5.90. The first-order valence-corrected chi connectivity index (χ1v) is 8.26. The van der Waals surface area contributed by atoms with Gasteiger partial charge in [0, 0.05) is 19.6 Å². The van der Waals surface area contributed by atoms with E-state index in [0.717, 1.165) is 16.7 Å². The van der Waals surface area contributed by atoms with Crippen LogP contribution in [0.5, 0.6) is 0 Å². The minimum atomic E-state index is -4.40. The maximum Gasteiger partial charge on any atom is 0.406 e. The second-order valence-electron chi connectivity index (χ2n) is 4.92. The number of thioether (sulfide) groups is 1. The highest BCUT2D eigenvalue weighted by molar-refractivity contribution is 8.00. The molecule has 9 heteroatoms. The van der Waals surface area contributed by atoms with Crippen LogP contribution < -0.4 is 0 Å². The van der Waals surface area contributed by atoms with Crippen LogP contribution in [0.1, 0.15) is 13.3 Å². The molecule has 1 heterocycles. The fourth-order valence-electron chi connectivity index (χ4n) is 2.00. The van der Waals surface area contributed by atoms with Gasteiger partial charge in [0.05, 0.1) is 24.7 Å². The summed E-state index contributed by atoms with van der Waals surface area (Å²) in [6.45, 7) is 2.56. The Hall–Kier alpha value is -0.960. The van der Waals surface area contributed by atoms with Gasteiger partial charge < -0.3 is 14.5 Å². The van der Waals surface area contributed by atoms with Gasteiger partial charge in [0.25, 0.3) is 0 Å². The average Bonchev–Trinajstić information content (AvgIpc) is 2.46. The Kier molecular flexibility index (Phi) is 8.02. The summed E-state index contributed by atoms with van der Waals surface area (Å²) in [5.41, 5.74) is 0. The van der Waals surface area contributed by atoms with Gasteiger partial charge in [-0.05, 0) is 6.42 Å². The Labute approximate surface area is 132 Å². The summed E-state index contributed by atoms with van der Waals surface area (Å²) in [4.78, 5) is 26.1. The summed E-state index contributed by atoms with van der Waals surface area (Å²) in [5, 5.41) is 0. The van der Waals surface area contributed by atoms with Crippen LogP contribution in [-0.4, -0.2) is 78.7 Å². The topological polar surface area (TPSA) is 49.9 Å². The van der Waals surface area contributed by atoms with Crippen molar-refractivity contribution >= 4 is 23.6 Å². The van der Waals surface area contributed by atoms with Crippen LogP contribution in [0, 0.1) is 0 Å². The molecule has 0 radical (unpaired) electrons. The summed E-state index contributed by atoms with van der Waals surface area (Å²) in [5.74, 6) is -0.720. The summed E-state index contributed by atoms with van der Waals surface area (Å²) in [7, 11) is 0. The molecule has 0 aliphatic carbocycles. The summed E-state index contributed by atoms with van der Waals surface area (Å²) in [6, 6.07) is 0. The quantitative estimate of drug-likeness (QED) is 0.701. The third kappa shape index (κ3) is 7.35. The van der Waals surface area contributed by atoms with E-state index >= 15 is 0 Å². The van der Waals surface area contributed by atoms with Crippen molar-refractivity contribution in [2.45, 2.75) is 19.5 Å². The Balaban J connectivity index is 2.34. The van der Waals surface area contributed by atoms with E-state index in [0.29, 0.717) is 32.7 Å². The molecule has 128 valence electrons. The van der Waals surface area contributed by atoms with E-state index < -0.39 is 18.6 Å². The molecule has 0 aromatic rings. The number of amides is 2. The zero-order chi connectivity index (χ0) is 16.6. The molecule has 0 spiro atoms. The minimum Gasteiger partial charge on any atom is -0.378 e. The van der Waals surface area contributed by atoms with Crippen molar-refractivity contribution in [1.29, 1.82) is 0 Å². The smallest absolute Gasteiger partial charge is 0.378 e. The molecule has 1 rings (SSSR count). The molecule has 1 saturated heterocycles. The summed E-state index contributed by atoms with van der Waals surface area (Å²) >= 11 is 1.05. The Bertz CT molecular complexity index is 374. The summed E-state index contributed by atoms with van der Waals surface area (Å²) in [6.07, 6.45) is -3.95. The van der Waals surface area contributed by atoms with Gasteiger partial charge in [0.1, 0.15) is 6.54 Å². The number of morpholine rings is 1. The third-order valence-corrected chi connectivity index (χ3v) is 3.93. The molecule has 0 bridgehead atoms. The fourth-order valence-corrected chi connectivity index (χ4v) is 2.82. The normalized spacial score (nSPS) is 15.7. The number of alkyl halides is 3. The van der Waals surface area contributed by atoms with Gasteiger partial charge in [0.15, 0.2) is 0 Å². The van der Waals surface area contributed by atoms with Crippen molar-refractivity contribution in [3.8, 4) is 0 Å². The number of ether oxygens (including phenoxy) is 1. The van der Waals surface area contributed by atoms with Gasteiger partial charge in [-0.3, -0.25) is 9.59 Å². The lowest BCUT2D eigenvalue weighted by Gasteiger charge is -2.27. The first-order chi connectivity index (χ1) is 10.3. The number of halogens is 3. The van der Waals surface area contributed by atoms with E-state index in [9.17, 15) is 22.8 Å². The molecule has 0 aromatic heterocycles. The number of carbonyl (C=O) groups is 2. The maximum atomic E-state index is 12.4. The number of hydrogen-bond acceptors (Lipinski definition) is 4. The SMILES string of the molecule is CCCN(CC(F)(F)F)C(=O)CSCC(=O)N1CCOCC1. The first-order valence-electron chi connectivity index (χ1n) is 7.11. The standard InChI is InChI=1S/C13H21F3N2O3S/c1-2-3-18(10-13(14,15)16)12(20)9-22-8-11(19)17-4-6-21-7-5-17/h2-10H2,1H3. The zero-order valence-electron chi connectivity index (χ0n) is 12.5. The largest absolute Gasteiger partial charge is 0.406 e. The lowest BCUT2D eigenvalue weighted by molar-refractivity contribution is -0.159. The molecule has 22 heavy (non-hydrogen) atoms. The van der Waals surface area contributed by atoms with Gasteiger partial charge >= 0.3 is 6.18 Å². The Morgan fingerprint density at radius 1 is 1.23 bits per heavy atom. The van der Waals surface area contributed by atoms with E-state index in [1.165, 1.54) is 0 Å². The fraction of sp³-hybridized carbons (Fsp3) is 0.846. The highest BCUT2D eigenvalue weighted by Gasteiger charge is 2.32. The van der Waals surface area contributed by atoms with Crippen molar-refractivity contribution in [3.63, 3.8) is 0 Å². The molecule has 0 aromatic carbocycles. The minimum absolute atomic E-state index is 0.0658. The molecule has 0 atom stereocenters. The van der Waals surface area contributed by atoms with E-state index in [1.54, 1.807) is 11.8 Å². The molecule has 0 saturated carbocycles. The molecular weight excluding hydrogens is 321 g/mol. The molecule has 0 unspecified atom stereocenters. The maximum absolute atomic E-state index is 12.4. The molecular formula is C13H21F3N2O3S. The van der Waals surface area contributed by atoms with Gasteiger partial charge in [-0.2, -0.15) is 13.2 Å².